The average Bonchev–Trinajstić information content (AvgIpc) is 2.76. The topological polar surface area (TPSA) is 21.7 Å². The number of fused-ring (bicyclic) bond motifs is 1. The van der Waals surface area contributed by atoms with Crippen LogP contribution in [-0.4, -0.2) is 31.2 Å². The fraction of sp³-hybridized carbons (Fsp3) is 0.647. The standard InChI is InChI=1S/C17H27NO2/c1-5-7-8-18(4)12-15-11-17-14(9-13(3)20-17)10-16(15)19-6-2/h10-11,13H,5-9,12H2,1-4H3. The van der Waals surface area contributed by atoms with E-state index in [0.29, 0.717) is 6.61 Å². The van der Waals surface area contributed by atoms with Gasteiger partial charge in [-0.2, -0.15) is 0 Å². The average molecular weight is 277 g/mol. The molecule has 0 radical (unpaired) electrons. The molecule has 1 aliphatic heterocycles. The summed E-state index contributed by atoms with van der Waals surface area (Å²) in [5, 5.41) is 0. The largest absolute Gasteiger partial charge is 0.494 e. The fourth-order valence-electron chi connectivity index (χ4n) is 2.69. The zero-order valence-electron chi connectivity index (χ0n) is 13.2. The predicted octanol–water partition coefficient (Wildman–Crippen LogP) is 3.64. The highest BCUT2D eigenvalue weighted by Gasteiger charge is 2.22. The zero-order valence-corrected chi connectivity index (χ0v) is 13.2. The summed E-state index contributed by atoms with van der Waals surface area (Å²) in [4.78, 5) is 2.35. The lowest BCUT2D eigenvalue weighted by Crippen LogP contribution is -2.19. The predicted molar refractivity (Wildman–Crippen MR) is 82.6 cm³/mol. The van der Waals surface area contributed by atoms with Crippen LogP contribution in [0.4, 0.5) is 0 Å². The van der Waals surface area contributed by atoms with Crippen LogP contribution in [0.15, 0.2) is 12.1 Å². The molecule has 2 rings (SSSR count). The summed E-state index contributed by atoms with van der Waals surface area (Å²) < 4.78 is 11.7. The minimum absolute atomic E-state index is 0.285. The number of rotatable bonds is 7. The van der Waals surface area contributed by atoms with Crippen LogP contribution >= 0.6 is 0 Å². The van der Waals surface area contributed by atoms with E-state index in [2.05, 4.69) is 37.9 Å². The first-order valence-corrected chi connectivity index (χ1v) is 7.77. The van der Waals surface area contributed by atoms with E-state index < -0.39 is 0 Å². The fourth-order valence-corrected chi connectivity index (χ4v) is 2.69. The van der Waals surface area contributed by atoms with Crippen molar-refractivity contribution in [2.24, 2.45) is 0 Å². The van der Waals surface area contributed by atoms with Crippen LogP contribution in [0.25, 0.3) is 0 Å². The van der Waals surface area contributed by atoms with Crippen LogP contribution in [0.2, 0.25) is 0 Å². The molecule has 1 aliphatic rings. The van der Waals surface area contributed by atoms with Gasteiger partial charge in [0.1, 0.15) is 17.6 Å². The molecule has 1 aromatic rings. The van der Waals surface area contributed by atoms with Crippen molar-refractivity contribution in [3.8, 4) is 11.5 Å². The van der Waals surface area contributed by atoms with Crippen molar-refractivity contribution in [2.45, 2.75) is 52.7 Å². The van der Waals surface area contributed by atoms with Crippen molar-refractivity contribution < 1.29 is 9.47 Å². The van der Waals surface area contributed by atoms with Gasteiger partial charge < -0.3 is 14.4 Å². The maximum Gasteiger partial charge on any atom is 0.124 e. The van der Waals surface area contributed by atoms with Gasteiger partial charge in [0.05, 0.1) is 6.61 Å². The molecule has 112 valence electrons. The van der Waals surface area contributed by atoms with E-state index in [-0.39, 0.29) is 6.10 Å². The highest BCUT2D eigenvalue weighted by molar-refractivity contribution is 5.48. The van der Waals surface area contributed by atoms with Gasteiger partial charge in [0.2, 0.25) is 0 Å². The minimum atomic E-state index is 0.285. The third-order valence-electron chi connectivity index (χ3n) is 3.71. The van der Waals surface area contributed by atoms with Crippen LogP contribution in [0.3, 0.4) is 0 Å². The second-order valence-electron chi connectivity index (χ2n) is 5.72. The molecular weight excluding hydrogens is 250 g/mol. The van der Waals surface area contributed by atoms with Crippen LogP contribution < -0.4 is 9.47 Å². The third-order valence-corrected chi connectivity index (χ3v) is 3.71. The molecule has 0 N–H and O–H groups in total. The molecule has 0 bridgehead atoms. The lowest BCUT2D eigenvalue weighted by molar-refractivity contribution is 0.253. The summed E-state index contributed by atoms with van der Waals surface area (Å²) in [6, 6.07) is 4.34. The molecule has 0 spiro atoms. The molecule has 3 nitrogen and oxygen atoms in total. The summed E-state index contributed by atoms with van der Waals surface area (Å²) in [5.41, 5.74) is 2.51. The summed E-state index contributed by atoms with van der Waals surface area (Å²) in [5.74, 6) is 2.06. The van der Waals surface area contributed by atoms with E-state index in [1.54, 1.807) is 0 Å². The van der Waals surface area contributed by atoms with Crippen LogP contribution in [-0.2, 0) is 13.0 Å². The Morgan fingerprint density at radius 2 is 2.15 bits per heavy atom. The van der Waals surface area contributed by atoms with Gasteiger partial charge in [0, 0.05) is 24.1 Å². The number of nitrogens with zero attached hydrogens (tertiary/aromatic N) is 1. The molecule has 0 aromatic heterocycles. The second kappa shape index (κ2) is 6.98. The SMILES string of the molecule is CCCCN(C)Cc1cc2c(cc1OCC)CC(C)O2. The monoisotopic (exact) mass is 277 g/mol. The van der Waals surface area contributed by atoms with E-state index >= 15 is 0 Å². The Morgan fingerprint density at radius 1 is 1.35 bits per heavy atom. The highest BCUT2D eigenvalue weighted by atomic mass is 16.5. The molecular formula is C17H27NO2. The molecule has 1 heterocycles. The van der Waals surface area contributed by atoms with Crippen molar-refractivity contribution in [3.05, 3.63) is 23.3 Å². The molecule has 1 aromatic carbocycles. The molecule has 1 unspecified atom stereocenters. The number of ether oxygens (including phenoxy) is 2. The first-order chi connectivity index (χ1) is 9.63. The van der Waals surface area contributed by atoms with E-state index in [1.807, 2.05) is 6.92 Å². The van der Waals surface area contributed by atoms with Gasteiger partial charge in [-0.1, -0.05) is 13.3 Å². The van der Waals surface area contributed by atoms with Gasteiger partial charge in [-0.3, -0.25) is 0 Å². The van der Waals surface area contributed by atoms with Crippen LogP contribution in [0.5, 0.6) is 11.5 Å². The number of hydrogen-bond donors (Lipinski definition) is 0. The smallest absolute Gasteiger partial charge is 0.124 e. The quantitative estimate of drug-likeness (QED) is 0.759. The third kappa shape index (κ3) is 3.66. The Bertz CT molecular complexity index is 445. The summed E-state index contributed by atoms with van der Waals surface area (Å²) in [7, 11) is 2.17. The lowest BCUT2D eigenvalue weighted by atomic mass is 10.1. The molecule has 20 heavy (non-hydrogen) atoms. The Balaban J connectivity index is 2.15. The number of hydrogen-bond acceptors (Lipinski definition) is 3. The molecule has 0 saturated carbocycles. The van der Waals surface area contributed by atoms with E-state index in [1.165, 1.54) is 24.0 Å². The van der Waals surface area contributed by atoms with E-state index in [0.717, 1.165) is 31.0 Å². The maximum absolute atomic E-state index is 5.87. The molecule has 3 heteroatoms. The van der Waals surface area contributed by atoms with Crippen molar-refractivity contribution in [2.75, 3.05) is 20.2 Å². The van der Waals surface area contributed by atoms with Gasteiger partial charge in [-0.15, -0.1) is 0 Å². The Morgan fingerprint density at radius 3 is 2.85 bits per heavy atom. The molecule has 0 amide bonds. The summed E-state index contributed by atoms with van der Waals surface area (Å²) in [6.45, 7) is 9.13. The van der Waals surface area contributed by atoms with E-state index in [4.69, 9.17) is 9.47 Å². The number of benzene rings is 1. The van der Waals surface area contributed by atoms with Crippen LogP contribution in [0, 0.1) is 0 Å². The molecule has 0 saturated heterocycles. The van der Waals surface area contributed by atoms with Crippen molar-refractivity contribution >= 4 is 0 Å². The summed E-state index contributed by atoms with van der Waals surface area (Å²) in [6.07, 6.45) is 3.74. The maximum atomic E-state index is 5.87. The second-order valence-corrected chi connectivity index (χ2v) is 5.72. The summed E-state index contributed by atoms with van der Waals surface area (Å²) >= 11 is 0. The zero-order chi connectivity index (χ0) is 14.5. The van der Waals surface area contributed by atoms with Crippen LogP contribution in [0.1, 0.15) is 44.7 Å². The Kier molecular flexibility index (Phi) is 5.30. The van der Waals surface area contributed by atoms with E-state index in [9.17, 15) is 0 Å². The lowest BCUT2D eigenvalue weighted by Gasteiger charge is -2.19. The Labute approximate surface area is 122 Å². The van der Waals surface area contributed by atoms with Gasteiger partial charge >= 0.3 is 0 Å². The van der Waals surface area contributed by atoms with Crippen molar-refractivity contribution in [1.29, 1.82) is 0 Å². The van der Waals surface area contributed by atoms with Crippen molar-refractivity contribution in [1.82, 2.24) is 4.90 Å². The number of unbranched alkanes of at least 4 members (excludes halogenated alkanes) is 1. The molecule has 0 fully saturated rings. The molecule has 1 atom stereocenters. The van der Waals surface area contributed by atoms with Crippen molar-refractivity contribution in [3.63, 3.8) is 0 Å². The Hall–Kier alpha value is -1.22. The van der Waals surface area contributed by atoms with Gasteiger partial charge in [-0.05, 0) is 46.0 Å². The minimum Gasteiger partial charge on any atom is -0.494 e. The van der Waals surface area contributed by atoms with Gasteiger partial charge in [0.15, 0.2) is 0 Å². The normalized spacial score (nSPS) is 17.1. The van der Waals surface area contributed by atoms with Gasteiger partial charge in [-0.25, -0.2) is 0 Å². The first kappa shape index (κ1) is 15.2. The molecule has 0 aliphatic carbocycles. The highest BCUT2D eigenvalue weighted by Crippen LogP contribution is 2.35. The van der Waals surface area contributed by atoms with Gasteiger partial charge in [0.25, 0.3) is 0 Å². The first-order valence-electron chi connectivity index (χ1n) is 7.77.